The number of hydrogen-bond acceptors (Lipinski definition) is 16. The fourth-order valence-corrected chi connectivity index (χ4v) is 11.6. The number of hydrogen-bond donors (Lipinski definition) is 6. The molecule has 0 spiro atoms. The molecular weight excluding hydrogens is 1030 g/mol. The lowest BCUT2D eigenvalue weighted by atomic mass is 9.68. The first-order chi connectivity index (χ1) is 37.4. The monoisotopic (exact) mass is 1100 g/mol. The number of nitrogens with two attached hydrogens (primary N) is 1. The minimum Gasteiger partial charge on any atom is -0.489 e. The SMILES string of the molecule is Cc1cc(COc2ccc(C(=O)NC3(CC(=O)NO)CCN(CCS(C)(=O)=O)CC3)cc2)c2ccccc2n1.Cc1cc(COc2ccc(C(N)=O)c(C3(CC(=O)NO)CCN(Cc4nccs4)CC3)c2)c2ccccc2n1. The predicted molar refractivity (Wildman–Crippen MR) is 296 cm³/mol. The van der Waals surface area contributed by atoms with E-state index in [1.54, 1.807) is 64.9 Å². The third kappa shape index (κ3) is 14.8. The summed E-state index contributed by atoms with van der Waals surface area (Å²) in [5.74, 6) is -0.781. The highest BCUT2D eigenvalue weighted by atomic mass is 32.2. The Kier molecular flexibility index (Phi) is 18.5. The number of carbonyl (C=O) groups excluding carboxylic acids is 4. The van der Waals surface area contributed by atoms with Crippen LogP contribution in [-0.4, -0.2) is 117 Å². The van der Waals surface area contributed by atoms with Gasteiger partial charge in [-0.1, -0.05) is 36.4 Å². The lowest BCUT2D eigenvalue weighted by molar-refractivity contribution is -0.131. The Hall–Kier alpha value is -7.40. The van der Waals surface area contributed by atoms with Crippen LogP contribution in [0.4, 0.5) is 0 Å². The van der Waals surface area contributed by atoms with Crippen LogP contribution in [0.25, 0.3) is 21.8 Å². The molecule has 2 fully saturated rings. The van der Waals surface area contributed by atoms with Crippen LogP contribution in [0.15, 0.2) is 115 Å². The topological polar surface area (TPSA) is 269 Å². The Bertz CT molecular complexity index is 3360. The van der Waals surface area contributed by atoms with Crippen molar-refractivity contribution >= 4 is 66.6 Å². The molecular formula is C57H65N9O10S2. The smallest absolute Gasteiger partial charge is 0.251 e. The van der Waals surface area contributed by atoms with Gasteiger partial charge in [-0.05, 0) is 125 Å². The molecule has 0 radical (unpaired) electrons. The zero-order valence-corrected chi connectivity index (χ0v) is 45.5. The van der Waals surface area contributed by atoms with E-state index in [0.29, 0.717) is 99.8 Å². The number of piperidine rings is 2. The second-order valence-electron chi connectivity index (χ2n) is 20.2. The molecule has 78 heavy (non-hydrogen) atoms. The number of aryl methyl sites for hydroxylation is 2. The van der Waals surface area contributed by atoms with Crippen LogP contribution in [0.5, 0.6) is 11.5 Å². The number of sulfone groups is 1. The fourth-order valence-electron chi connectivity index (χ4n) is 10.4. The molecule has 0 bridgehead atoms. The summed E-state index contributed by atoms with van der Waals surface area (Å²) in [6.07, 6.45) is 5.01. The highest BCUT2D eigenvalue weighted by molar-refractivity contribution is 7.90. The molecule has 3 aromatic heterocycles. The number of amides is 4. The van der Waals surface area contributed by atoms with Gasteiger partial charge in [-0.3, -0.25) is 44.5 Å². The number of pyridine rings is 2. The highest BCUT2D eigenvalue weighted by Gasteiger charge is 2.41. The van der Waals surface area contributed by atoms with Crippen LogP contribution in [0.3, 0.4) is 0 Å². The molecule has 410 valence electrons. The van der Waals surface area contributed by atoms with Crippen molar-refractivity contribution in [3.8, 4) is 11.5 Å². The summed E-state index contributed by atoms with van der Waals surface area (Å²) in [5.41, 5.74) is 14.7. The molecule has 19 nitrogen and oxygen atoms in total. The van der Waals surface area contributed by atoms with Gasteiger partial charge in [0.15, 0.2) is 0 Å². The van der Waals surface area contributed by atoms with E-state index >= 15 is 0 Å². The number of para-hydroxylation sites is 2. The summed E-state index contributed by atoms with van der Waals surface area (Å²) >= 11 is 1.61. The Balaban J connectivity index is 0.000000206. The number of nitrogens with one attached hydrogen (secondary N) is 3. The minimum absolute atomic E-state index is 0.0203. The number of rotatable bonds is 19. The van der Waals surface area contributed by atoms with Crippen molar-refractivity contribution in [2.75, 3.05) is 44.7 Å². The third-order valence-corrected chi connectivity index (χ3v) is 16.2. The molecule has 2 saturated heterocycles. The Labute approximate surface area is 457 Å². The largest absolute Gasteiger partial charge is 0.489 e. The van der Waals surface area contributed by atoms with Crippen LogP contribution in [-0.2, 0) is 44.6 Å². The number of hydroxylamine groups is 2. The van der Waals surface area contributed by atoms with Crippen LogP contribution >= 0.6 is 11.3 Å². The number of benzene rings is 4. The average Bonchev–Trinajstić information content (AvgIpc) is 3.96. The Morgan fingerprint density at radius 2 is 1.27 bits per heavy atom. The number of primary amides is 1. The number of fused-ring (bicyclic) bond motifs is 2. The van der Waals surface area contributed by atoms with Crippen LogP contribution in [0, 0.1) is 13.8 Å². The third-order valence-electron chi connectivity index (χ3n) is 14.5. The quantitative estimate of drug-likeness (QED) is 0.0362. The highest BCUT2D eigenvalue weighted by Crippen LogP contribution is 2.42. The van der Waals surface area contributed by atoms with E-state index in [9.17, 15) is 32.8 Å². The summed E-state index contributed by atoms with van der Waals surface area (Å²) in [7, 11) is -3.09. The van der Waals surface area contributed by atoms with Crippen molar-refractivity contribution in [1.82, 2.24) is 41.0 Å². The molecule has 2 aliphatic rings. The van der Waals surface area contributed by atoms with Gasteiger partial charge >= 0.3 is 0 Å². The van der Waals surface area contributed by atoms with E-state index in [1.165, 1.54) is 6.26 Å². The maximum atomic E-state index is 13.2. The molecule has 0 atom stereocenters. The lowest BCUT2D eigenvalue weighted by Crippen LogP contribution is -2.57. The Morgan fingerprint density at radius 1 is 0.718 bits per heavy atom. The zero-order chi connectivity index (χ0) is 55.5. The minimum atomic E-state index is -3.09. The summed E-state index contributed by atoms with van der Waals surface area (Å²) in [6, 6.07) is 31.8. The van der Waals surface area contributed by atoms with Crippen molar-refractivity contribution in [1.29, 1.82) is 0 Å². The van der Waals surface area contributed by atoms with Crippen molar-refractivity contribution in [2.45, 2.75) is 83.1 Å². The molecule has 4 amide bonds. The summed E-state index contributed by atoms with van der Waals surface area (Å²) in [6.45, 7) is 8.11. The summed E-state index contributed by atoms with van der Waals surface area (Å²) < 4.78 is 35.3. The van der Waals surface area contributed by atoms with Crippen molar-refractivity contribution in [2.24, 2.45) is 5.73 Å². The number of ether oxygens (including phenoxy) is 2. The van der Waals surface area contributed by atoms with E-state index < -0.39 is 38.5 Å². The van der Waals surface area contributed by atoms with Gasteiger partial charge in [0.2, 0.25) is 17.7 Å². The molecule has 9 rings (SSSR count). The van der Waals surface area contributed by atoms with Gasteiger partial charge in [0.25, 0.3) is 5.91 Å². The van der Waals surface area contributed by atoms with Gasteiger partial charge in [-0.2, -0.15) is 0 Å². The maximum absolute atomic E-state index is 13.2. The zero-order valence-electron chi connectivity index (χ0n) is 43.9. The molecule has 7 N–H and O–H groups in total. The van der Waals surface area contributed by atoms with Crippen LogP contribution in [0.1, 0.15) is 92.3 Å². The van der Waals surface area contributed by atoms with E-state index in [-0.39, 0.29) is 24.5 Å². The number of nitrogens with zero attached hydrogens (tertiary/aromatic N) is 5. The first-order valence-corrected chi connectivity index (χ1v) is 28.6. The average molecular weight is 1100 g/mol. The first kappa shape index (κ1) is 56.8. The van der Waals surface area contributed by atoms with Gasteiger partial charge in [-0.15, -0.1) is 11.3 Å². The van der Waals surface area contributed by atoms with Gasteiger partial charge in [-0.25, -0.2) is 24.4 Å². The van der Waals surface area contributed by atoms with Crippen LogP contribution in [0.2, 0.25) is 0 Å². The van der Waals surface area contributed by atoms with E-state index in [1.807, 2.05) is 90.9 Å². The Morgan fingerprint density at radius 3 is 1.82 bits per heavy atom. The van der Waals surface area contributed by atoms with Gasteiger partial charge < -0.3 is 25.4 Å². The first-order valence-electron chi connectivity index (χ1n) is 25.6. The van der Waals surface area contributed by atoms with Gasteiger partial charge in [0.1, 0.15) is 39.6 Å². The molecule has 2 aliphatic heterocycles. The predicted octanol–water partition coefficient (Wildman–Crippen LogP) is 6.73. The normalized spacial score (nSPS) is 15.4. The van der Waals surface area contributed by atoms with Gasteiger partial charge in [0, 0.05) is 93.7 Å². The van der Waals surface area contributed by atoms with E-state index in [0.717, 1.165) is 55.9 Å². The second-order valence-corrected chi connectivity index (χ2v) is 23.4. The molecule has 0 aliphatic carbocycles. The molecule has 0 saturated carbocycles. The molecule has 4 aromatic carbocycles. The molecule has 0 unspecified atom stereocenters. The van der Waals surface area contributed by atoms with Crippen LogP contribution < -0.4 is 31.5 Å². The summed E-state index contributed by atoms with van der Waals surface area (Å²) in [5, 5.41) is 26.5. The van der Waals surface area contributed by atoms with Crippen molar-refractivity contribution in [3.63, 3.8) is 0 Å². The fraction of sp³-hybridized carbons (Fsp3) is 0.351. The molecule has 21 heteroatoms. The number of carbonyl (C=O) groups is 4. The maximum Gasteiger partial charge on any atom is 0.251 e. The molecule has 5 heterocycles. The molecule has 7 aromatic rings. The lowest BCUT2D eigenvalue weighted by Gasteiger charge is -2.42. The summed E-state index contributed by atoms with van der Waals surface area (Å²) in [4.78, 5) is 68.0. The van der Waals surface area contributed by atoms with E-state index in [4.69, 9.17) is 20.4 Å². The van der Waals surface area contributed by atoms with Crippen molar-refractivity contribution < 1.29 is 47.5 Å². The van der Waals surface area contributed by atoms with Gasteiger partial charge in [0.05, 0.1) is 35.3 Å². The van der Waals surface area contributed by atoms with E-state index in [2.05, 4.69) is 25.2 Å². The second kappa shape index (κ2) is 25.4. The number of likely N-dealkylation sites (tertiary alicyclic amines) is 2. The number of thiazole rings is 1. The van der Waals surface area contributed by atoms with Crippen molar-refractivity contribution in [3.05, 3.63) is 159 Å². The number of aromatic nitrogens is 3. The standard InChI is InChI=1S/C29H31N5O4S.C28H34N4O6S/c1-19-14-20(22-4-2-3-5-25(22)32-19)18-38-21-6-7-23(28(30)36)24(15-21)29(16-26(35)33-37)8-11-34(12-9-29)17-27-31-10-13-39-27;1-20-17-22(24-5-3-4-6-25(24)29-20)19-38-23-9-7-21(8-10-23)27(34)30-28(18-26(33)31-35)11-13-32(14-12-28)15-16-39(2,36)37/h2-7,10,13-15,37H,8-9,11-12,16-18H2,1H3,(H2,30,36)(H,33,35);3-10,17,35H,11-16,18-19H2,1-2H3,(H,30,34)(H,31,33).